The van der Waals surface area contributed by atoms with E-state index >= 15 is 0 Å². The Morgan fingerprint density at radius 1 is 1.16 bits per heavy atom. The van der Waals surface area contributed by atoms with Crippen molar-refractivity contribution in [2.75, 3.05) is 29.9 Å². The van der Waals surface area contributed by atoms with Crippen molar-refractivity contribution in [3.8, 4) is 11.5 Å². The maximum Gasteiger partial charge on any atom is 0.261 e. The standard InChI is InChI=1S/C23H30N2O5S/c1-16(2)12-13-25-20-14-17(6-11-21(20)30-15-23(3,4)22(25)26)24-31(27,28)19-9-7-18(29-5)8-10-19/h6-11,14,16,24H,12-13,15H2,1-5H3. The zero-order chi connectivity index (χ0) is 22.8. The first kappa shape index (κ1) is 22.9. The van der Waals surface area contributed by atoms with E-state index in [1.54, 1.807) is 35.2 Å². The van der Waals surface area contributed by atoms with Crippen molar-refractivity contribution in [1.82, 2.24) is 0 Å². The number of rotatable bonds is 7. The van der Waals surface area contributed by atoms with E-state index in [4.69, 9.17) is 9.47 Å². The largest absolute Gasteiger partial charge is 0.497 e. The average molecular weight is 447 g/mol. The summed E-state index contributed by atoms with van der Waals surface area (Å²) in [6.45, 7) is 8.71. The number of carbonyl (C=O) groups is 1. The average Bonchev–Trinajstić information content (AvgIpc) is 2.81. The fraction of sp³-hybridized carbons (Fsp3) is 0.435. The number of amides is 1. The number of sulfonamides is 1. The molecular weight excluding hydrogens is 416 g/mol. The highest BCUT2D eigenvalue weighted by atomic mass is 32.2. The predicted molar refractivity (Wildman–Crippen MR) is 121 cm³/mol. The number of benzene rings is 2. The second kappa shape index (κ2) is 8.78. The van der Waals surface area contributed by atoms with Gasteiger partial charge in [0.25, 0.3) is 10.0 Å². The number of nitrogens with zero attached hydrogens (tertiary/aromatic N) is 1. The van der Waals surface area contributed by atoms with Gasteiger partial charge in [-0.05, 0) is 68.7 Å². The topological polar surface area (TPSA) is 84.9 Å². The Labute approximate surface area is 184 Å². The minimum absolute atomic E-state index is 0.0398. The maximum absolute atomic E-state index is 13.2. The first-order valence-corrected chi connectivity index (χ1v) is 11.8. The van der Waals surface area contributed by atoms with E-state index in [1.165, 1.54) is 19.2 Å². The Balaban J connectivity index is 1.94. The minimum Gasteiger partial charge on any atom is -0.497 e. The van der Waals surface area contributed by atoms with Crippen molar-refractivity contribution in [3.05, 3.63) is 42.5 Å². The van der Waals surface area contributed by atoms with Gasteiger partial charge in [0.05, 0.1) is 28.8 Å². The van der Waals surface area contributed by atoms with E-state index < -0.39 is 15.4 Å². The van der Waals surface area contributed by atoms with Crippen molar-refractivity contribution >= 4 is 27.3 Å². The number of hydrogen-bond donors (Lipinski definition) is 1. The zero-order valence-electron chi connectivity index (χ0n) is 18.6. The van der Waals surface area contributed by atoms with Crippen LogP contribution >= 0.6 is 0 Å². The molecule has 3 rings (SSSR count). The van der Waals surface area contributed by atoms with Crippen LogP contribution in [0.3, 0.4) is 0 Å². The number of fused-ring (bicyclic) bond motifs is 1. The van der Waals surface area contributed by atoms with Crippen LogP contribution < -0.4 is 19.1 Å². The molecule has 0 unspecified atom stereocenters. The summed E-state index contributed by atoms with van der Waals surface area (Å²) >= 11 is 0. The maximum atomic E-state index is 13.2. The van der Waals surface area contributed by atoms with Gasteiger partial charge in [-0.1, -0.05) is 13.8 Å². The lowest BCUT2D eigenvalue weighted by Gasteiger charge is -2.28. The molecule has 2 aromatic carbocycles. The minimum atomic E-state index is -3.80. The van der Waals surface area contributed by atoms with Gasteiger partial charge in [-0.2, -0.15) is 0 Å². The molecule has 0 fully saturated rings. The van der Waals surface area contributed by atoms with Crippen LogP contribution in [0.4, 0.5) is 11.4 Å². The molecule has 0 spiro atoms. The Kier molecular flexibility index (Phi) is 6.50. The van der Waals surface area contributed by atoms with Crippen LogP contribution in [0.5, 0.6) is 11.5 Å². The molecule has 168 valence electrons. The Morgan fingerprint density at radius 2 is 1.84 bits per heavy atom. The first-order chi connectivity index (χ1) is 14.5. The van der Waals surface area contributed by atoms with E-state index in [0.29, 0.717) is 35.3 Å². The van der Waals surface area contributed by atoms with E-state index in [0.717, 1.165) is 6.42 Å². The molecule has 1 aliphatic heterocycles. The second-order valence-corrected chi connectivity index (χ2v) is 10.5. The SMILES string of the molecule is COc1ccc(S(=O)(=O)Nc2ccc3c(c2)N(CCC(C)C)C(=O)C(C)(C)CO3)cc1. The van der Waals surface area contributed by atoms with Crippen LogP contribution in [-0.2, 0) is 14.8 Å². The van der Waals surface area contributed by atoms with Gasteiger partial charge >= 0.3 is 0 Å². The fourth-order valence-electron chi connectivity index (χ4n) is 3.29. The van der Waals surface area contributed by atoms with E-state index in [2.05, 4.69) is 18.6 Å². The lowest BCUT2D eigenvalue weighted by molar-refractivity contribution is -0.127. The zero-order valence-corrected chi connectivity index (χ0v) is 19.5. The van der Waals surface area contributed by atoms with Gasteiger partial charge in [0, 0.05) is 6.54 Å². The summed E-state index contributed by atoms with van der Waals surface area (Å²) in [5.41, 5.74) is 0.255. The Morgan fingerprint density at radius 3 is 2.45 bits per heavy atom. The summed E-state index contributed by atoms with van der Waals surface area (Å²) in [5.74, 6) is 1.51. The van der Waals surface area contributed by atoms with Gasteiger partial charge in [-0.3, -0.25) is 9.52 Å². The summed E-state index contributed by atoms with van der Waals surface area (Å²) in [7, 11) is -2.28. The third-order valence-corrected chi connectivity index (χ3v) is 6.61. The molecular formula is C23H30N2O5S. The highest BCUT2D eigenvalue weighted by molar-refractivity contribution is 7.92. The van der Waals surface area contributed by atoms with Crippen LogP contribution in [0.15, 0.2) is 47.4 Å². The van der Waals surface area contributed by atoms with Crippen molar-refractivity contribution in [2.45, 2.75) is 39.0 Å². The number of ether oxygens (including phenoxy) is 2. The Hall–Kier alpha value is -2.74. The van der Waals surface area contributed by atoms with E-state index in [-0.39, 0.29) is 17.4 Å². The van der Waals surface area contributed by atoms with E-state index in [1.807, 2.05) is 13.8 Å². The molecule has 1 amide bonds. The van der Waals surface area contributed by atoms with Crippen molar-refractivity contribution in [2.24, 2.45) is 11.3 Å². The molecule has 1 aliphatic rings. The molecule has 2 aromatic rings. The number of anilines is 2. The van der Waals surface area contributed by atoms with Gasteiger partial charge in [0.1, 0.15) is 18.1 Å². The summed E-state index contributed by atoms with van der Waals surface area (Å²) in [5, 5.41) is 0. The highest BCUT2D eigenvalue weighted by Gasteiger charge is 2.37. The smallest absolute Gasteiger partial charge is 0.261 e. The molecule has 0 aromatic heterocycles. The molecule has 0 saturated heterocycles. The lowest BCUT2D eigenvalue weighted by Crippen LogP contribution is -2.42. The molecule has 1 heterocycles. The third-order valence-electron chi connectivity index (χ3n) is 5.21. The van der Waals surface area contributed by atoms with Gasteiger partial charge < -0.3 is 14.4 Å². The van der Waals surface area contributed by atoms with E-state index in [9.17, 15) is 13.2 Å². The second-order valence-electron chi connectivity index (χ2n) is 8.78. The summed E-state index contributed by atoms with van der Waals surface area (Å²) in [6.07, 6.45) is 0.822. The normalized spacial score (nSPS) is 15.8. The number of hydrogen-bond acceptors (Lipinski definition) is 5. The molecule has 0 radical (unpaired) electrons. The molecule has 0 aliphatic carbocycles. The number of carbonyl (C=O) groups excluding carboxylic acids is 1. The molecule has 7 nitrogen and oxygen atoms in total. The molecule has 31 heavy (non-hydrogen) atoms. The molecule has 0 saturated carbocycles. The van der Waals surface area contributed by atoms with Crippen LogP contribution in [0.25, 0.3) is 0 Å². The first-order valence-electron chi connectivity index (χ1n) is 10.3. The van der Waals surface area contributed by atoms with Gasteiger partial charge in [-0.25, -0.2) is 8.42 Å². The van der Waals surface area contributed by atoms with Crippen molar-refractivity contribution in [3.63, 3.8) is 0 Å². The van der Waals surface area contributed by atoms with Crippen LogP contribution in [-0.4, -0.2) is 34.6 Å². The quantitative estimate of drug-likeness (QED) is 0.686. The van der Waals surface area contributed by atoms with Crippen molar-refractivity contribution in [1.29, 1.82) is 0 Å². The number of methoxy groups -OCH3 is 1. The predicted octanol–water partition coefficient (Wildman–Crippen LogP) is 4.29. The van der Waals surface area contributed by atoms with Crippen LogP contribution in [0.1, 0.15) is 34.1 Å². The van der Waals surface area contributed by atoms with Crippen LogP contribution in [0.2, 0.25) is 0 Å². The molecule has 0 atom stereocenters. The summed E-state index contributed by atoms with van der Waals surface area (Å²) in [4.78, 5) is 15.1. The molecule has 1 N–H and O–H groups in total. The van der Waals surface area contributed by atoms with Gasteiger partial charge in [-0.15, -0.1) is 0 Å². The third kappa shape index (κ3) is 5.12. The Bertz CT molecular complexity index is 1050. The summed E-state index contributed by atoms with van der Waals surface area (Å²) in [6, 6.07) is 11.2. The highest BCUT2D eigenvalue weighted by Crippen LogP contribution is 2.39. The van der Waals surface area contributed by atoms with Crippen LogP contribution in [0, 0.1) is 11.3 Å². The van der Waals surface area contributed by atoms with Crippen molar-refractivity contribution < 1.29 is 22.7 Å². The lowest BCUT2D eigenvalue weighted by atomic mass is 9.92. The van der Waals surface area contributed by atoms with Gasteiger partial charge in [0.2, 0.25) is 5.91 Å². The monoisotopic (exact) mass is 446 g/mol. The number of nitrogens with one attached hydrogen (secondary N) is 1. The van der Waals surface area contributed by atoms with Gasteiger partial charge in [0.15, 0.2) is 0 Å². The summed E-state index contributed by atoms with van der Waals surface area (Å²) < 4.78 is 39.3. The molecule has 8 heteroatoms. The molecule has 0 bridgehead atoms. The fourth-order valence-corrected chi connectivity index (χ4v) is 4.34.